The molecule has 2 N–H and O–H groups in total. The van der Waals surface area contributed by atoms with Crippen LogP contribution >= 0.6 is 0 Å². The molecule has 0 unspecified atom stereocenters. The van der Waals surface area contributed by atoms with E-state index in [0.717, 1.165) is 25.9 Å². The molecule has 1 aromatic carbocycles. The number of carbonyl (C=O) groups excluding carboxylic acids is 2. The molecule has 0 atom stereocenters. The maximum atomic E-state index is 12.4. The molecule has 0 aliphatic carbocycles. The fourth-order valence-electron chi connectivity index (χ4n) is 4.35. The van der Waals surface area contributed by atoms with Crippen molar-refractivity contribution in [2.45, 2.75) is 12.8 Å². The van der Waals surface area contributed by atoms with E-state index >= 15 is 0 Å². The van der Waals surface area contributed by atoms with E-state index in [1.165, 1.54) is 7.11 Å². The summed E-state index contributed by atoms with van der Waals surface area (Å²) in [7, 11) is 1.43. The van der Waals surface area contributed by atoms with Gasteiger partial charge in [-0.25, -0.2) is 9.78 Å². The summed E-state index contributed by atoms with van der Waals surface area (Å²) in [6.45, 7) is 4.81. The number of fused-ring (bicyclic) bond motifs is 1. The number of nitrogens with one attached hydrogen (secondary N) is 1. The Balaban J connectivity index is 1.47. The van der Waals surface area contributed by atoms with E-state index in [1.807, 2.05) is 4.90 Å². The number of nitrogens with zero attached hydrogens (tertiary/aromatic N) is 4. The van der Waals surface area contributed by atoms with Gasteiger partial charge in [0.05, 0.1) is 17.6 Å². The number of hydrogen-bond acceptors (Lipinski definition) is 7. The molecule has 2 aliphatic heterocycles. The van der Waals surface area contributed by atoms with Gasteiger partial charge in [-0.15, -0.1) is 0 Å². The molecular weight excluding hydrogens is 426 g/mol. The van der Waals surface area contributed by atoms with Crippen LogP contribution < -0.4 is 10.2 Å². The molecule has 33 heavy (non-hydrogen) atoms. The first kappa shape index (κ1) is 22.9. The second kappa shape index (κ2) is 10.1. The van der Waals surface area contributed by atoms with Crippen LogP contribution in [-0.2, 0) is 14.3 Å². The SMILES string of the molecule is COCC(=O)Nc1ccc2nc(N3CCN(CC(=O)N4CCCC4)CC3)cc(C(=O)O)c2c1. The van der Waals surface area contributed by atoms with Gasteiger partial charge in [-0.05, 0) is 37.1 Å². The van der Waals surface area contributed by atoms with Gasteiger partial charge in [0.25, 0.3) is 0 Å². The van der Waals surface area contributed by atoms with Gasteiger partial charge >= 0.3 is 5.97 Å². The van der Waals surface area contributed by atoms with Gasteiger partial charge in [-0.2, -0.15) is 0 Å². The van der Waals surface area contributed by atoms with Crippen LogP contribution in [0.1, 0.15) is 23.2 Å². The highest BCUT2D eigenvalue weighted by atomic mass is 16.5. The van der Waals surface area contributed by atoms with Crippen molar-refractivity contribution in [1.82, 2.24) is 14.8 Å². The lowest BCUT2D eigenvalue weighted by Gasteiger charge is -2.35. The van der Waals surface area contributed by atoms with Gasteiger partial charge in [0.15, 0.2) is 0 Å². The van der Waals surface area contributed by atoms with Crippen LogP contribution in [0.25, 0.3) is 10.9 Å². The lowest BCUT2D eigenvalue weighted by atomic mass is 10.1. The normalized spacial score (nSPS) is 16.9. The Morgan fingerprint density at radius 3 is 2.45 bits per heavy atom. The standard InChI is InChI=1S/C23H29N5O5/c1-33-15-21(29)24-16-4-5-19-17(12-16)18(23(31)32)13-20(25-19)27-10-8-26(9-11-27)14-22(30)28-6-2-3-7-28/h4-5,12-13H,2-3,6-11,14-15H2,1H3,(H,24,29)(H,31,32). The first-order chi connectivity index (χ1) is 15.9. The number of piperazine rings is 1. The van der Waals surface area contributed by atoms with E-state index in [9.17, 15) is 19.5 Å². The fourth-order valence-corrected chi connectivity index (χ4v) is 4.35. The highest BCUT2D eigenvalue weighted by Crippen LogP contribution is 2.27. The molecule has 0 radical (unpaired) electrons. The van der Waals surface area contributed by atoms with Gasteiger partial charge in [-0.1, -0.05) is 0 Å². The summed E-state index contributed by atoms with van der Waals surface area (Å²) < 4.78 is 4.81. The molecule has 0 saturated carbocycles. The zero-order valence-corrected chi connectivity index (χ0v) is 18.7. The minimum atomic E-state index is -1.06. The average Bonchev–Trinajstić information content (AvgIpc) is 3.34. The van der Waals surface area contributed by atoms with E-state index in [-0.39, 0.29) is 24.0 Å². The predicted octanol–water partition coefficient (Wildman–Crippen LogP) is 1.26. The summed E-state index contributed by atoms with van der Waals surface area (Å²) in [4.78, 5) is 47.0. The number of amides is 2. The van der Waals surface area contributed by atoms with E-state index in [4.69, 9.17) is 4.74 Å². The molecule has 4 rings (SSSR count). The molecule has 0 bridgehead atoms. The largest absolute Gasteiger partial charge is 0.478 e. The Bertz CT molecular complexity index is 1040. The van der Waals surface area contributed by atoms with Gasteiger partial charge in [0, 0.05) is 57.5 Å². The summed E-state index contributed by atoms with van der Waals surface area (Å²) in [6.07, 6.45) is 2.17. The lowest BCUT2D eigenvalue weighted by molar-refractivity contribution is -0.131. The second-order valence-electron chi connectivity index (χ2n) is 8.40. The third-order valence-electron chi connectivity index (χ3n) is 6.10. The monoisotopic (exact) mass is 455 g/mol. The molecule has 2 saturated heterocycles. The fraction of sp³-hybridized carbons (Fsp3) is 0.478. The van der Waals surface area contributed by atoms with Crippen LogP contribution in [-0.4, -0.2) is 97.2 Å². The Morgan fingerprint density at radius 2 is 1.79 bits per heavy atom. The number of carboxylic acids is 1. The molecule has 10 nitrogen and oxygen atoms in total. The Labute approximate surface area is 192 Å². The van der Waals surface area contributed by atoms with Crippen LogP contribution in [0.2, 0.25) is 0 Å². The summed E-state index contributed by atoms with van der Waals surface area (Å²) in [5, 5.41) is 12.9. The number of pyridine rings is 1. The van der Waals surface area contributed by atoms with Crippen molar-refractivity contribution in [2.24, 2.45) is 0 Å². The number of aromatic nitrogens is 1. The van der Waals surface area contributed by atoms with Crippen LogP contribution in [0.3, 0.4) is 0 Å². The van der Waals surface area contributed by atoms with Crippen molar-refractivity contribution in [2.75, 3.05) is 69.7 Å². The minimum Gasteiger partial charge on any atom is -0.478 e. The zero-order valence-electron chi connectivity index (χ0n) is 18.7. The van der Waals surface area contributed by atoms with Crippen LogP contribution in [0.15, 0.2) is 24.3 Å². The molecule has 10 heteroatoms. The maximum absolute atomic E-state index is 12.4. The number of anilines is 2. The first-order valence-electron chi connectivity index (χ1n) is 11.2. The molecule has 2 aliphatic rings. The molecule has 2 aromatic rings. The minimum absolute atomic E-state index is 0.0867. The number of ether oxygens (including phenoxy) is 1. The van der Waals surface area contributed by atoms with Gasteiger partial charge in [-0.3, -0.25) is 14.5 Å². The Hall–Kier alpha value is -3.24. The summed E-state index contributed by atoms with van der Waals surface area (Å²) >= 11 is 0. The van der Waals surface area contributed by atoms with Crippen molar-refractivity contribution in [3.8, 4) is 0 Å². The maximum Gasteiger partial charge on any atom is 0.336 e. The third-order valence-corrected chi connectivity index (χ3v) is 6.10. The predicted molar refractivity (Wildman–Crippen MR) is 124 cm³/mol. The number of carboxylic acid groups (broad SMARTS) is 1. The molecule has 176 valence electrons. The topological polar surface area (TPSA) is 115 Å². The highest BCUT2D eigenvalue weighted by Gasteiger charge is 2.25. The number of methoxy groups -OCH3 is 1. The van der Waals surface area contributed by atoms with Crippen molar-refractivity contribution in [3.63, 3.8) is 0 Å². The smallest absolute Gasteiger partial charge is 0.336 e. The summed E-state index contributed by atoms with van der Waals surface area (Å²) in [5.41, 5.74) is 1.16. The average molecular weight is 456 g/mol. The number of hydrogen-bond donors (Lipinski definition) is 2. The van der Waals surface area contributed by atoms with Crippen LogP contribution in [0.4, 0.5) is 11.5 Å². The van der Waals surface area contributed by atoms with Crippen LogP contribution in [0, 0.1) is 0 Å². The Morgan fingerprint density at radius 1 is 1.06 bits per heavy atom. The van der Waals surface area contributed by atoms with E-state index in [1.54, 1.807) is 24.3 Å². The molecule has 2 amide bonds. The van der Waals surface area contributed by atoms with Crippen molar-refractivity contribution in [1.29, 1.82) is 0 Å². The summed E-state index contributed by atoms with van der Waals surface area (Å²) in [6, 6.07) is 6.60. The van der Waals surface area contributed by atoms with Gasteiger partial charge < -0.3 is 25.0 Å². The number of carbonyl (C=O) groups is 3. The van der Waals surface area contributed by atoms with Gasteiger partial charge in [0.2, 0.25) is 11.8 Å². The zero-order chi connectivity index (χ0) is 23.4. The second-order valence-corrected chi connectivity index (χ2v) is 8.40. The van der Waals surface area contributed by atoms with E-state index in [0.29, 0.717) is 55.1 Å². The molecule has 3 heterocycles. The van der Waals surface area contributed by atoms with E-state index < -0.39 is 5.97 Å². The van der Waals surface area contributed by atoms with Crippen molar-refractivity contribution in [3.05, 3.63) is 29.8 Å². The molecular formula is C23H29N5O5. The Kier molecular flexibility index (Phi) is 7.05. The first-order valence-corrected chi connectivity index (χ1v) is 11.2. The quantitative estimate of drug-likeness (QED) is 0.641. The lowest BCUT2D eigenvalue weighted by Crippen LogP contribution is -2.50. The number of aromatic carboxylic acids is 1. The molecule has 1 aromatic heterocycles. The van der Waals surface area contributed by atoms with Crippen molar-refractivity contribution >= 4 is 40.2 Å². The highest BCUT2D eigenvalue weighted by molar-refractivity contribution is 6.05. The number of likely N-dealkylation sites (tertiary alicyclic amines) is 1. The van der Waals surface area contributed by atoms with Gasteiger partial charge in [0.1, 0.15) is 12.4 Å². The van der Waals surface area contributed by atoms with E-state index in [2.05, 4.69) is 20.1 Å². The summed E-state index contributed by atoms with van der Waals surface area (Å²) in [5.74, 6) is -0.592. The molecule has 2 fully saturated rings. The van der Waals surface area contributed by atoms with Crippen molar-refractivity contribution < 1.29 is 24.2 Å². The third kappa shape index (κ3) is 5.40. The number of benzene rings is 1. The number of rotatable bonds is 7. The van der Waals surface area contributed by atoms with Crippen LogP contribution in [0.5, 0.6) is 0 Å². The molecule has 0 spiro atoms.